The molecule has 1 aromatic carbocycles. The predicted molar refractivity (Wildman–Crippen MR) is 85.7 cm³/mol. The molecule has 1 aliphatic heterocycles. The minimum absolute atomic E-state index is 0.161. The van der Waals surface area contributed by atoms with E-state index in [0.29, 0.717) is 29.5 Å². The van der Waals surface area contributed by atoms with E-state index in [9.17, 15) is 0 Å². The summed E-state index contributed by atoms with van der Waals surface area (Å²) in [5, 5.41) is 4.03. The van der Waals surface area contributed by atoms with Crippen molar-refractivity contribution < 1.29 is 9.47 Å². The molecule has 0 spiro atoms. The van der Waals surface area contributed by atoms with E-state index in [-0.39, 0.29) is 6.10 Å². The molecular weight excluding hydrogens is 342 g/mol. The standard InChI is InChI=1S/C15H21BrClNO2/c1-10(2)18-8-12-4-5-13(20-12)9-19-15-6-3-11(16)7-14(15)17/h3,6-7,10,12-13,18H,4-5,8-9H2,1-2H3. The van der Waals surface area contributed by atoms with Crippen molar-refractivity contribution in [3.8, 4) is 5.75 Å². The molecule has 5 heteroatoms. The lowest BCUT2D eigenvalue weighted by Gasteiger charge is -2.16. The molecular formula is C15H21BrClNO2. The van der Waals surface area contributed by atoms with Crippen LogP contribution in [0.3, 0.4) is 0 Å². The number of hydrogen-bond acceptors (Lipinski definition) is 3. The molecule has 0 bridgehead atoms. The van der Waals surface area contributed by atoms with Gasteiger partial charge in [0.15, 0.2) is 0 Å². The molecule has 1 aromatic rings. The second-order valence-electron chi connectivity index (χ2n) is 5.41. The molecule has 0 radical (unpaired) electrons. The maximum absolute atomic E-state index is 6.12. The minimum Gasteiger partial charge on any atom is -0.489 e. The molecule has 3 nitrogen and oxygen atoms in total. The van der Waals surface area contributed by atoms with Gasteiger partial charge in [0, 0.05) is 17.1 Å². The summed E-state index contributed by atoms with van der Waals surface area (Å²) in [5.74, 6) is 0.710. The van der Waals surface area contributed by atoms with Gasteiger partial charge in [-0.1, -0.05) is 41.4 Å². The Bertz CT molecular complexity index is 442. The van der Waals surface area contributed by atoms with Crippen LogP contribution in [0.25, 0.3) is 0 Å². The average Bonchev–Trinajstić information content (AvgIpc) is 2.83. The van der Waals surface area contributed by atoms with Crippen LogP contribution in [-0.4, -0.2) is 31.4 Å². The summed E-state index contributed by atoms with van der Waals surface area (Å²) in [4.78, 5) is 0. The molecule has 0 aliphatic carbocycles. The van der Waals surface area contributed by atoms with E-state index in [4.69, 9.17) is 21.1 Å². The van der Waals surface area contributed by atoms with E-state index in [1.165, 1.54) is 0 Å². The van der Waals surface area contributed by atoms with E-state index in [2.05, 4.69) is 35.1 Å². The van der Waals surface area contributed by atoms with Gasteiger partial charge in [-0.3, -0.25) is 0 Å². The number of benzene rings is 1. The molecule has 112 valence electrons. The second-order valence-corrected chi connectivity index (χ2v) is 6.73. The topological polar surface area (TPSA) is 30.5 Å². The van der Waals surface area contributed by atoms with Crippen LogP contribution in [0.1, 0.15) is 26.7 Å². The lowest BCUT2D eigenvalue weighted by molar-refractivity contribution is 0.0179. The van der Waals surface area contributed by atoms with Crippen molar-refractivity contribution in [2.45, 2.75) is 44.9 Å². The first-order valence-electron chi connectivity index (χ1n) is 7.01. The summed E-state index contributed by atoms with van der Waals surface area (Å²) in [7, 11) is 0. The molecule has 2 unspecified atom stereocenters. The Morgan fingerprint density at radius 1 is 1.40 bits per heavy atom. The third kappa shape index (κ3) is 4.92. The Morgan fingerprint density at radius 2 is 2.15 bits per heavy atom. The van der Waals surface area contributed by atoms with Gasteiger partial charge in [-0.2, -0.15) is 0 Å². The lowest BCUT2D eigenvalue weighted by Crippen LogP contribution is -2.32. The van der Waals surface area contributed by atoms with Gasteiger partial charge in [0.2, 0.25) is 0 Å². The van der Waals surface area contributed by atoms with Crippen LogP contribution in [-0.2, 0) is 4.74 Å². The van der Waals surface area contributed by atoms with Crippen molar-refractivity contribution in [3.63, 3.8) is 0 Å². The van der Waals surface area contributed by atoms with Crippen LogP contribution in [0.5, 0.6) is 5.75 Å². The minimum atomic E-state index is 0.161. The van der Waals surface area contributed by atoms with E-state index in [0.717, 1.165) is 23.9 Å². The van der Waals surface area contributed by atoms with Gasteiger partial charge in [-0.15, -0.1) is 0 Å². The quantitative estimate of drug-likeness (QED) is 0.829. The summed E-state index contributed by atoms with van der Waals surface area (Å²) < 4.78 is 12.7. The zero-order valence-corrected chi connectivity index (χ0v) is 14.2. The predicted octanol–water partition coefficient (Wildman–Crippen LogP) is 4.03. The lowest BCUT2D eigenvalue weighted by atomic mass is 10.2. The highest BCUT2D eigenvalue weighted by Gasteiger charge is 2.25. The highest BCUT2D eigenvalue weighted by Crippen LogP contribution is 2.29. The van der Waals surface area contributed by atoms with E-state index >= 15 is 0 Å². The molecule has 2 atom stereocenters. The number of hydrogen-bond donors (Lipinski definition) is 1. The molecule has 20 heavy (non-hydrogen) atoms. The van der Waals surface area contributed by atoms with Gasteiger partial charge in [-0.05, 0) is 31.0 Å². The zero-order chi connectivity index (χ0) is 14.5. The van der Waals surface area contributed by atoms with Crippen LogP contribution in [0, 0.1) is 0 Å². The molecule has 1 heterocycles. The molecule has 0 aromatic heterocycles. The largest absolute Gasteiger partial charge is 0.489 e. The maximum atomic E-state index is 6.12. The van der Waals surface area contributed by atoms with Gasteiger partial charge in [0.1, 0.15) is 12.4 Å². The van der Waals surface area contributed by atoms with Crippen LogP contribution in [0.2, 0.25) is 5.02 Å². The number of rotatable bonds is 6. The Kier molecular flexibility index (Phi) is 6.15. The van der Waals surface area contributed by atoms with Crippen molar-refractivity contribution in [1.82, 2.24) is 5.32 Å². The molecule has 2 rings (SSSR count). The number of halogens is 2. The Balaban J connectivity index is 1.75. The van der Waals surface area contributed by atoms with Crippen molar-refractivity contribution in [1.29, 1.82) is 0 Å². The van der Waals surface area contributed by atoms with E-state index in [1.54, 1.807) is 0 Å². The SMILES string of the molecule is CC(C)NCC1CCC(COc2ccc(Br)cc2Cl)O1. The van der Waals surface area contributed by atoms with Crippen LogP contribution in [0.15, 0.2) is 22.7 Å². The third-order valence-corrected chi connectivity index (χ3v) is 4.06. The zero-order valence-electron chi connectivity index (χ0n) is 11.9. The number of nitrogens with one attached hydrogen (secondary N) is 1. The van der Waals surface area contributed by atoms with Gasteiger partial charge >= 0.3 is 0 Å². The fraction of sp³-hybridized carbons (Fsp3) is 0.600. The summed E-state index contributed by atoms with van der Waals surface area (Å²) in [6.07, 6.45) is 2.58. The number of ether oxygens (including phenoxy) is 2. The summed E-state index contributed by atoms with van der Waals surface area (Å²) >= 11 is 9.50. The van der Waals surface area contributed by atoms with Gasteiger partial charge < -0.3 is 14.8 Å². The van der Waals surface area contributed by atoms with Crippen LogP contribution >= 0.6 is 27.5 Å². The summed E-state index contributed by atoms with van der Waals surface area (Å²) in [6.45, 7) is 5.75. The molecule has 1 fully saturated rings. The summed E-state index contributed by atoms with van der Waals surface area (Å²) in [5.41, 5.74) is 0. The molecule has 0 saturated carbocycles. The monoisotopic (exact) mass is 361 g/mol. The second kappa shape index (κ2) is 7.64. The molecule has 1 N–H and O–H groups in total. The molecule has 1 saturated heterocycles. The van der Waals surface area contributed by atoms with Gasteiger partial charge in [0.25, 0.3) is 0 Å². The Labute approximate surface area is 134 Å². The maximum Gasteiger partial charge on any atom is 0.138 e. The van der Waals surface area contributed by atoms with Crippen molar-refractivity contribution >= 4 is 27.5 Å². The van der Waals surface area contributed by atoms with Crippen molar-refractivity contribution in [2.75, 3.05) is 13.2 Å². The van der Waals surface area contributed by atoms with Crippen LogP contribution < -0.4 is 10.1 Å². The smallest absolute Gasteiger partial charge is 0.138 e. The third-order valence-electron chi connectivity index (χ3n) is 3.27. The first-order valence-corrected chi connectivity index (χ1v) is 8.18. The first kappa shape index (κ1) is 16.1. The van der Waals surface area contributed by atoms with Gasteiger partial charge in [-0.25, -0.2) is 0 Å². The van der Waals surface area contributed by atoms with Crippen molar-refractivity contribution in [3.05, 3.63) is 27.7 Å². The average molecular weight is 363 g/mol. The molecule has 1 aliphatic rings. The van der Waals surface area contributed by atoms with E-state index < -0.39 is 0 Å². The van der Waals surface area contributed by atoms with E-state index in [1.807, 2.05) is 18.2 Å². The van der Waals surface area contributed by atoms with Crippen molar-refractivity contribution in [2.24, 2.45) is 0 Å². The summed E-state index contributed by atoms with van der Waals surface area (Å²) in [6, 6.07) is 6.13. The normalized spacial score (nSPS) is 22.4. The van der Waals surface area contributed by atoms with Gasteiger partial charge in [0.05, 0.1) is 17.2 Å². The Morgan fingerprint density at radius 3 is 2.85 bits per heavy atom. The highest BCUT2D eigenvalue weighted by atomic mass is 79.9. The van der Waals surface area contributed by atoms with Crippen LogP contribution in [0.4, 0.5) is 0 Å². The fourth-order valence-corrected chi connectivity index (χ4v) is 2.92. The first-order chi connectivity index (χ1) is 9.54. The highest BCUT2D eigenvalue weighted by molar-refractivity contribution is 9.10. The fourth-order valence-electron chi connectivity index (χ4n) is 2.19. The Hall–Kier alpha value is -0.290. The molecule has 0 amide bonds.